The largest absolute Gasteiger partial charge is 0.508 e. The smallest absolute Gasteiger partial charge is 0.318 e. The molecule has 0 saturated carbocycles. The van der Waals surface area contributed by atoms with E-state index in [4.69, 9.17) is 4.42 Å². The molecule has 0 unspecified atom stereocenters. The molecular weight excluding hydrogens is 458 g/mol. The molecule has 0 atom stereocenters. The second kappa shape index (κ2) is 9.67. The van der Waals surface area contributed by atoms with Crippen LogP contribution < -0.4 is 10.6 Å². The van der Waals surface area contributed by atoms with Gasteiger partial charge in [0.2, 0.25) is 5.78 Å². The van der Waals surface area contributed by atoms with E-state index in [1.54, 1.807) is 49.5 Å². The predicted molar refractivity (Wildman–Crippen MR) is 140 cm³/mol. The maximum atomic E-state index is 13.3. The number of aromatic nitrogens is 1. The number of amides is 2. The number of phenols is 1. The third-order valence-corrected chi connectivity index (χ3v) is 6.88. The Morgan fingerprint density at radius 2 is 1.86 bits per heavy atom. The van der Waals surface area contributed by atoms with Crippen molar-refractivity contribution >= 4 is 39.4 Å². The monoisotopic (exact) mass is 489 g/mol. The standard InChI is InChI=1S/C27H31N5O4/c1-16(2)32-10-8-31(9-11-32)15-20-19-14-22(30-21(19)5-6-23(20)33)26(34)25-13-17-12-18(29-27(35)28-3)4-7-24(17)36-25/h4-7,12-14,16,30,33H,8-11,15H2,1-3H3,(H2,28,29,35). The minimum atomic E-state index is -0.326. The summed E-state index contributed by atoms with van der Waals surface area (Å²) in [6.45, 7) is 8.90. The Bertz CT molecular complexity index is 1430. The Balaban J connectivity index is 1.39. The van der Waals surface area contributed by atoms with Gasteiger partial charge in [-0.15, -0.1) is 0 Å². The summed E-state index contributed by atoms with van der Waals surface area (Å²) in [6.07, 6.45) is 0. The second-order valence-electron chi connectivity index (χ2n) is 9.51. The highest BCUT2D eigenvalue weighted by Crippen LogP contribution is 2.31. The number of H-pyrrole nitrogens is 1. The van der Waals surface area contributed by atoms with Crippen LogP contribution in [0.5, 0.6) is 5.75 Å². The molecule has 0 bridgehead atoms. The molecule has 0 radical (unpaired) electrons. The van der Waals surface area contributed by atoms with Crippen LogP contribution in [-0.4, -0.2) is 71.0 Å². The van der Waals surface area contributed by atoms with Gasteiger partial charge in [-0.1, -0.05) is 0 Å². The summed E-state index contributed by atoms with van der Waals surface area (Å²) in [5.74, 6) is 0.148. The number of hydrogen-bond donors (Lipinski definition) is 4. The minimum Gasteiger partial charge on any atom is -0.508 e. The van der Waals surface area contributed by atoms with E-state index >= 15 is 0 Å². The molecule has 9 heteroatoms. The van der Waals surface area contributed by atoms with Gasteiger partial charge in [0.05, 0.1) is 5.69 Å². The SMILES string of the molecule is CNC(=O)Nc1ccc2oc(C(=O)c3cc4c(CN5CCN(C(C)C)CC5)c(O)ccc4[nH]3)cc2c1. The topological polar surface area (TPSA) is 114 Å². The highest BCUT2D eigenvalue weighted by molar-refractivity contribution is 6.10. The van der Waals surface area contributed by atoms with Gasteiger partial charge in [-0.2, -0.15) is 0 Å². The number of benzene rings is 2. The highest BCUT2D eigenvalue weighted by Gasteiger charge is 2.23. The van der Waals surface area contributed by atoms with Crippen LogP contribution in [-0.2, 0) is 6.54 Å². The molecule has 188 valence electrons. The molecule has 1 saturated heterocycles. The Morgan fingerprint density at radius 1 is 1.08 bits per heavy atom. The van der Waals surface area contributed by atoms with E-state index in [2.05, 4.69) is 39.3 Å². The van der Waals surface area contributed by atoms with Crippen LogP contribution in [0.15, 0.2) is 46.9 Å². The zero-order valence-electron chi connectivity index (χ0n) is 20.7. The zero-order valence-corrected chi connectivity index (χ0v) is 20.7. The predicted octanol–water partition coefficient (Wildman–Crippen LogP) is 4.13. The fourth-order valence-electron chi connectivity index (χ4n) is 4.76. The molecule has 1 fully saturated rings. The molecule has 4 N–H and O–H groups in total. The normalized spacial score (nSPS) is 15.1. The van der Waals surface area contributed by atoms with Crippen LogP contribution in [0.2, 0.25) is 0 Å². The molecule has 0 aliphatic carbocycles. The number of aromatic amines is 1. The molecule has 1 aliphatic rings. The summed E-state index contributed by atoms with van der Waals surface area (Å²) < 4.78 is 5.81. The second-order valence-corrected chi connectivity index (χ2v) is 9.51. The van der Waals surface area contributed by atoms with Gasteiger partial charge in [0.25, 0.3) is 0 Å². The number of rotatable bonds is 6. The van der Waals surface area contributed by atoms with Crippen molar-refractivity contribution in [3.63, 3.8) is 0 Å². The number of anilines is 1. The lowest BCUT2D eigenvalue weighted by Crippen LogP contribution is -2.48. The van der Waals surface area contributed by atoms with E-state index in [1.165, 1.54) is 0 Å². The number of fused-ring (bicyclic) bond motifs is 2. The molecule has 5 rings (SSSR count). The van der Waals surface area contributed by atoms with Gasteiger partial charge in [-0.3, -0.25) is 14.6 Å². The highest BCUT2D eigenvalue weighted by atomic mass is 16.3. The Morgan fingerprint density at radius 3 is 2.58 bits per heavy atom. The first kappa shape index (κ1) is 23.9. The zero-order chi connectivity index (χ0) is 25.4. The molecule has 2 amide bonds. The number of urea groups is 1. The van der Waals surface area contributed by atoms with Gasteiger partial charge < -0.3 is 25.1 Å². The molecule has 9 nitrogen and oxygen atoms in total. The van der Waals surface area contributed by atoms with Gasteiger partial charge in [0, 0.05) is 73.4 Å². The van der Waals surface area contributed by atoms with Crippen LogP contribution in [0.3, 0.4) is 0 Å². The van der Waals surface area contributed by atoms with Crippen molar-refractivity contribution in [2.24, 2.45) is 0 Å². The lowest BCUT2D eigenvalue weighted by Gasteiger charge is -2.37. The number of piperazine rings is 1. The Hall–Kier alpha value is -3.82. The van der Waals surface area contributed by atoms with E-state index in [9.17, 15) is 14.7 Å². The average Bonchev–Trinajstić information content (AvgIpc) is 3.50. The minimum absolute atomic E-state index is 0.198. The van der Waals surface area contributed by atoms with Gasteiger partial charge >= 0.3 is 6.03 Å². The average molecular weight is 490 g/mol. The fourth-order valence-corrected chi connectivity index (χ4v) is 4.76. The first-order chi connectivity index (χ1) is 17.3. The van der Waals surface area contributed by atoms with Gasteiger partial charge in [0.1, 0.15) is 11.3 Å². The number of nitrogens with zero attached hydrogens (tertiary/aromatic N) is 2. The van der Waals surface area contributed by atoms with Crippen molar-refractivity contribution < 1.29 is 19.1 Å². The summed E-state index contributed by atoms with van der Waals surface area (Å²) in [5, 5.41) is 17.4. The van der Waals surface area contributed by atoms with Crippen LogP contribution in [0.25, 0.3) is 21.9 Å². The van der Waals surface area contributed by atoms with Crippen LogP contribution in [0.1, 0.15) is 35.7 Å². The molecule has 1 aliphatic heterocycles. The van der Waals surface area contributed by atoms with E-state index in [-0.39, 0.29) is 23.3 Å². The molecule has 4 aromatic rings. The van der Waals surface area contributed by atoms with E-state index < -0.39 is 0 Å². The van der Waals surface area contributed by atoms with Gasteiger partial charge in [-0.05, 0) is 56.3 Å². The summed E-state index contributed by atoms with van der Waals surface area (Å²) >= 11 is 0. The van der Waals surface area contributed by atoms with E-state index in [1.807, 2.05) is 0 Å². The Labute approximate surface area is 209 Å². The van der Waals surface area contributed by atoms with Crippen molar-refractivity contribution in [1.29, 1.82) is 0 Å². The maximum absolute atomic E-state index is 13.3. The first-order valence-corrected chi connectivity index (χ1v) is 12.2. The van der Waals surface area contributed by atoms with Crippen molar-refractivity contribution in [2.75, 3.05) is 38.5 Å². The van der Waals surface area contributed by atoms with E-state index in [0.717, 1.165) is 42.6 Å². The van der Waals surface area contributed by atoms with Crippen molar-refractivity contribution in [3.05, 3.63) is 59.5 Å². The number of aromatic hydroxyl groups is 1. The van der Waals surface area contributed by atoms with Crippen LogP contribution >= 0.6 is 0 Å². The molecule has 3 heterocycles. The number of nitrogens with one attached hydrogen (secondary N) is 3. The number of carbonyl (C=O) groups is 2. The third-order valence-electron chi connectivity index (χ3n) is 6.88. The maximum Gasteiger partial charge on any atom is 0.318 e. The molecule has 0 spiro atoms. The fraction of sp³-hybridized carbons (Fsp3) is 0.333. The number of carbonyl (C=O) groups excluding carboxylic acids is 2. The quantitative estimate of drug-likeness (QED) is 0.303. The summed E-state index contributed by atoms with van der Waals surface area (Å²) in [5.41, 5.74) is 3.15. The number of phenolic OH excluding ortho intramolecular Hbond substituents is 1. The van der Waals surface area contributed by atoms with Crippen molar-refractivity contribution in [1.82, 2.24) is 20.1 Å². The summed E-state index contributed by atoms with van der Waals surface area (Å²) in [6, 6.07) is 12.3. The molecule has 2 aromatic heterocycles. The molecule has 36 heavy (non-hydrogen) atoms. The number of ketones is 1. The van der Waals surface area contributed by atoms with Gasteiger partial charge in [0.15, 0.2) is 5.76 Å². The molecular formula is C27H31N5O4. The van der Waals surface area contributed by atoms with Crippen molar-refractivity contribution in [2.45, 2.75) is 26.4 Å². The number of hydrogen-bond acceptors (Lipinski definition) is 6. The van der Waals surface area contributed by atoms with E-state index in [0.29, 0.717) is 34.9 Å². The first-order valence-electron chi connectivity index (χ1n) is 12.2. The van der Waals surface area contributed by atoms with Gasteiger partial charge in [-0.25, -0.2) is 4.79 Å². The van der Waals surface area contributed by atoms with Crippen molar-refractivity contribution in [3.8, 4) is 5.75 Å². The summed E-state index contributed by atoms with van der Waals surface area (Å²) in [7, 11) is 1.54. The lowest BCUT2D eigenvalue weighted by atomic mass is 10.1. The third kappa shape index (κ3) is 4.67. The number of furan rings is 1. The van der Waals surface area contributed by atoms with Crippen LogP contribution in [0, 0.1) is 0 Å². The van der Waals surface area contributed by atoms with Crippen LogP contribution in [0.4, 0.5) is 10.5 Å². The molecule has 2 aromatic carbocycles. The Kier molecular flexibility index (Phi) is 6.42. The lowest BCUT2D eigenvalue weighted by molar-refractivity contribution is 0.101. The summed E-state index contributed by atoms with van der Waals surface area (Å²) in [4.78, 5) is 32.9.